The van der Waals surface area contributed by atoms with Gasteiger partial charge in [0.05, 0.1) is 18.2 Å². The van der Waals surface area contributed by atoms with Crippen LogP contribution in [0.1, 0.15) is 10.4 Å². The van der Waals surface area contributed by atoms with Gasteiger partial charge in [-0.1, -0.05) is 6.07 Å². The number of hydrogen-bond acceptors (Lipinski definition) is 4. The zero-order valence-corrected chi connectivity index (χ0v) is 12.7. The van der Waals surface area contributed by atoms with E-state index in [0.29, 0.717) is 10.0 Å². The number of nitrogens with zero attached hydrogens (tertiary/aromatic N) is 2. The summed E-state index contributed by atoms with van der Waals surface area (Å²) < 4.78 is 2.09. The highest BCUT2D eigenvalue weighted by Gasteiger charge is 2.10. The summed E-state index contributed by atoms with van der Waals surface area (Å²) in [4.78, 5) is 27.3. The van der Waals surface area contributed by atoms with Crippen molar-refractivity contribution in [2.24, 2.45) is 0 Å². The smallest absolute Gasteiger partial charge is 0.252 e. The number of aromatic nitrogens is 2. The second kappa shape index (κ2) is 7.14. The predicted octanol–water partition coefficient (Wildman–Crippen LogP) is 0.797. The van der Waals surface area contributed by atoms with Gasteiger partial charge in [-0.3, -0.25) is 14.6 Å². The molecule has 0 aliphatic heterocycles. The second-order valence-corrected chi connectivity index (χ2v) is 5.36. The third-order valence-electron chi connectivity index (χ3n) is 2.77. The van der Waals surface area contributed by atoms with Gasteiger partial charge in [0.2, 0.25) is 0 Å². The molecule has 2 rings (SSSR count). The van der Waals surface area contributed by atoms with E-state index in [4.69, 9.17) is 0 Å². The van der Waals surface area contributed by atoms with Crippen molar-refractivity contribution in [1.29, 1.82) is 0 Å². The van der Waals surface area contributed by atoms with Crippen molar-refractivity contribution in [3.05, 3.63) is 63.2 Å². The largest absolute Gasteiger partial charge is 0.389 e. The molecule has 1 atom stereocenters. The number of aliphatic hydroxyl groups excluding tert-OH is 1. The first kappa shape index (κ1) is 15.4. The fourth-order valence-corrected chi connectivity index (χ4v) is 2.12. The Labute approximate surface area is 129 Å². The minimum atomic E-state index is -0.853. The number of rotatable bonds is 5. The highest BCUT2D eigenvalue weighted by molar-refractivity contribution is 9.10. The highest BCUT2D eigenvalue weighted by atomic mass is 79.9. The molecule has 0 radical (unpaired) electrons. The molecule has 7 heteroatoms. The summed E-state index contributed by atoms with van der Waals surface area (Å²) in [6.07, 6.45) is 3.75. The van der Waals surface area contributed by atoms with Crippen LogP contribution in [0.2, 0.25) is 0 Å². The van der Waals surface area contributed by atoms with Crippen molar-refractivity contribution >= 4 is 21.8 Å². The molecule has 0 aliphatic rings. The average molecular weight is 352 g/mol. The lowest BCUT2D eigenvalue weighted by Gasteiger charge is -2.13. The Hall–Kier alpha value is -1.99. The van der Waals surface area contributed by atoms with E-state index in [2.05, 4.69) is 26.2 Å². The Kier molecular flexibility index (Phi) is 5.24. The van der Waals surface area contributed by atoms with Gasteiger partial charge >= 0.3 is 0 Å². The summed E-state index contributed by atoms with van der Waals surface area (Å²) >= 11 is 3.23. The van der Waals surface area contributed by atoms with Crippen LogP contribution in [-0.2, 0) is 6.54 Å². The molecule has 0 saturated carbocycles. The molecular weight excluding hydrogens is 338 g/mol. The Balaban J connectivity index is 1.89. The van der Waals surface area contributed by atoms with Gasteiger partial charge in [0.1, 0.15) is 0 Å². The maximum absolute atomic E-state index is 11.9. The summed E-state index contributed by atoms with van der Waals surface area (Å²) in [5.74, 6) is -0.330. The summed E-state index contributed by atoms with van der Waals surface area (Å²) in [5, 5.41) is 12.5. The fraction of sp³-hybridized carbons (Fsp3) is 0.214. The summed E-state index contributed by atoms with van der Waals surface area (Å²) in [5.41, 5.74) is 0.201. The van der Waals surface area contributed by atoms with E-state index >= 15 is 0 Å². The van der Waals surface area contributed by atoms with Crippen LogP contribution in [0.5, 0.6) is 0 Å². The predicted molar refractivity (Wildman–Crippen MR) is 81.0 cm³/mol. The maximum Gasteiger partial charge on any atom is 0.252 e. The Morgan fingerprint density at radius 2 is 2.24 bits per heavy atom. The van der Waals surface area contributed by atoms with Crippen molar-refractivity contribution in [2.75, 3.05) is 6.54 Å². The number of carbonyl (C=O) groups excluding carboxylic acids is 1. The van der Waals surface area contributed by atoms with Crippen LogP contribution >= 0.6 is 15.9 Å². The lowest BCUT2D eigenvalue weighted by molar-refractivity contribution is 0.0902. The molecule has 0 bridgehead atoms. The molecule has 0 spiro atoms. The van der Waals surface area contributed by atoms with E-state index in [1.165, 1.54) is 16.8 Å². The number of hydrogen-bond donors (Lipinski definition) is 2. The van der Waals surface area contributed by atoms with Crippen molar-refractivity contribution in [1.82, 2.24) is 14.9 Å². The molecule has 2 aromatic heterocycles. The number of amides is 1. The Morgan fingerprint density at radius 1 is 1.43 bits per heavy atom. The average Bonchev–Trinajstić information content (AvgIpc) is 2.47. The minimum Gasteiger partial charge on any atom is -0.389 e. The van der Waals surface area contributed by atoms with Crippen molar-refractivity contribution in [3.8, 4) is 0 Å². The molecule has 2 heterocycles. The first-order valence-electron chi connectivity index (χ1n) is 6.28. The van der Waals surface area contributed by atoms with Gasteiger partial charge in [-0.15, -0.1) is 0 Å². The summed E-state index contributed by atoms with van der Waals surface area (Å²) in [7, 11) is 0. The van der Waals surface area contributed by atoms with Crippen LogP contribution in [0.15, 0.2) is 52.1 Å². The normalized spacial score (nSPS) is 11.9. The molecule has 0 saturated heterocycles. The number of pyridine rings is 2. The summed E-state index contributed by atoms with van der Waals surface area (Å²) in [6, 6.07) is 6.39. The molecule has 0 fully saturated rings. The van der Waals surface area contributed by atoms with E-state index in [1.807, 2.05) is 0 Å². The van der Waals surface area contributed by atoms with Crippen molar-refractivity contribution < 1.29 is 9.90 Å². The number of aliphatic hydroxyl groups is 1. The maximum atomic E-state index is 11.9. The van der Waals surface area contributed by atoms with E-state index in [0.717, 1.165) is 0 Å². The summed E-state index contributed by atoms with van der Waals surface area (Å²) in [6.45, 7) is 0.170. The standard InChI is InChI=1S/C14H14BrN3O3/c15-11-5-10(6-16-7-11)14(21)17-8-12(19)9-18-4-2-1-3-13(18)20/h1-7,12,19H,8-9H2,(H,17,21). The molecule has 2 N–H and O–H groups in total. The molecule has 2 aromatic rings. The van der Waals surface area contributed by atoms with Gasteiger partial charge < -0.3 is 15.0 Å². The molecule has 0 aliphatic carbocycles. The zero-order valence-electron chi connectivity index (χ0n) is 11.1. The number of nitrogens with one attached hydrogen (secondary N) is 1. The van der Waals surface area contributed by atoms with Gasteiger partial charge in [-0.2, -0.15) is 0 Å². The Bertz CT molecular complexity index is 687. The quantitative estimate of drug-likeness (QED) is 0.834. The van der Waals surface area contributed by atoms with Crippen molar-refractivity contribution in [2.45, 2.75) is 12.6 Å². The second-order valence-electron chi connectivity index (χ2n) is 4.45. The van der Waals surface area contributed by atoms with E-state index < -0.39 is 6.10 Å². The molecule has 1 amide bonds. The van der Waals surface area contributed by atoms with Gasteiger partial charge in [0, 0.05) is 35.7 Å². The fourth-order valence-electron chi connectivity index (χ4n) is 1.75. The van der Waals surface area contributed by atoms with Gasteiger partial charge in [0.25, 0.3) is 11.5 Å². The third kappa shape index (κ3) is 4.51. The van der Waals surface area contributed by atoms with Crippen LogP contribution in [0, 0.1) is 0 Å². The van der Waals surface area contributed by atoms with Crippen molar-refractivity contribution in [3.63, 3.8) is 0 Å². The topological polar surface area (TPSA) is 84.2 Å². The van der Waals surface area contributed by atoms with Crippen LogP contribution in [0.25, 0.3) is 0 Å². The molecule has 110 valence electrons. The highest BCUT2D eigenvalue weighted by Crippen LogP contribution is 2.09. The lowest BCUT2D eigenvalue weighted by Crippen LogP contribution is -2.36. The Morgan fingerprint density at radius 3 is 2.95 bits per heavy atom. The first-order chi connectivity index (χ1) is 10.1. The van der Waals surface area contributed by atoms with Gasteiger partial charge in [-0.05, 0) is 28.1 Å². The molecule has 21 heavy (non-hydrogen) atoms. The number of halogens is 1. The SMILES string of the molecule is O=C(NCC(O)Cn1ccccc1=O)c1cncc(Br)c1. The van der Waals surface area contributed by atoms with Crippen LogP contribution in [0.3, 0.4) is 0 Å². The molecule has 6 nitrogen and oxygen atoms in total. The van der Waals surface area contributed by atoms with E-state index in [-0.39, 0.29) is 24.6 Å². The van der Waals surface area contributed by atoms with E-state index in [9.17, 15) is 14.7 Å². The van der Waals surface area contributed by atoms with Crippen LogP contribution in [0.4, 0.5) is 0 Å². The first-order valence-corrected chi connectivity index (χ1v) is 7.08. The molecular formula is C14H14BrN3O3. The monoisotopic (exact) mass is 351 g/mol. The minimum absolute atomic E-state index is 0.0483. The molecule has 0 aromatic carbocycles. The van der Waals surface area contributed by atoms with Crippen LogP contribution in [-0.4, -0.2) is 33.2 Å². The number of carbonyl (C=O) groups is 1. The van der Waals surface area contributed by atoms with Gasteiger partial charge in [0.15, 0.2) is 0 Å². The molecule has 1 unspecified atom stereocenters. The van der Waals surface area contributed by atoms with Gasteiger partial charge in [-0.25, -0.2) is 0 Å². The van der Waals surface area contributed by atoms with E-state index in [1.54, 1.807) is 30.6 Å². The van der Waals surface area contributed by atoms with Crippen LogP contribution < -0.4 is 10.9 Å². The lowest BCUT2D eigenvalue weighted by atomic mass is 10.2. The zero-order chi connectivity index (χ0) is 15.2. The third-order valence-corrected chi connectivity index (χ3v) is 3.21.